The Bertz CT molecular complexity index is 424. The van der Waals surface area contributed by atoms with Crippen molar-refractivity contribution in [1.29, 1.82) is 0 Å². The topological polar surface area (TPSA) is 38.3 Å². The van der Waals surface area contributed by atoms with Crippen molar-refractivity contribution in [3.63, 3.8) is 0 Å². The van der Waals surface area contributed by atoms with Crippen LogP contribution in [0.3, 0.4) is 0 Å². The lowest BCUT2D eigenvalue weighted by molar-refractivity contribution is 0.0528. The van der Waals surface area contributed by atoms with E-state index < -0.39 is 5.60 Å². The van der Waals surface area contributed by atoms with Crippen LogP contribution in [0.15, 0.2) is 22.7 Å². The summed E-state index contributed by atoms with van der Waals surface area (Å²) in [5.74, 6) is 0. The molecule has 0 spiro atoms. The van der Waals surface area contributed by atoms with E-state index in [1.807, 2.05) is 32.9 Å². The molecule has 0 radical (unpaired) electrons. The molecule has 3 nitrogen and oxygen atoms in total. The van der Waals surface area contributed by atoms with E-state index in [1.165, 1.54) is 11.1 Å². The first-order valence-corrected chi connectivity index (χ1v) is 6.80. The van der Waals surface area contributed by atoms with Gasteiger partial charge in [-0.2, -0.15) is 0 Å². The summed E-state index contributed by atoms with van der Waals surface area (Å²) < 4.78 is 6.26. The van der Waals surface area contributed by atoms with Crippen molar-refractivity contribution in [1.82, 2.24) is 5.32 Å². The Morgan fingerprint density at radius 1 is 1.39 bits per heavy atom. The predicted octanol–water partition coefficient (Wildman–Crippen LogP) is 3.82. The molecular formula is C14H20BrNO2. The number of carbonyl (C=O) groups is 1. The summed E-state index contributed by atoms with van der Waals surface area (Å²) in [6.07, 6.45) is 0.431. The number of alkyl carbamates (subject to hydrolysis) is 1. The zero-order valence-corrected chi connectivity index (χ0v) is 12.9. The van der Waals surface area contributed by atoms with Crippen LogP contribution in [0.1, 0.15) is 31.9 Å². The van der Waals surface area contributed by atoms with Crippen LogP contribution < -0.4 is 5.32 Å². The number of amides is 1. The summed E-state index contributed by atoms with van der Waals surface area (Å²) in [6.45, 7) is 8.19. The Morgan fingerprint density at radius 2 is 2.06 bits per heavy atom. The third kappa shape index (κ3) is 5.08. The van der Waals surface area contributed by atoms with Crippen LogP contribution in [0.4, 0.5) is 4.79 Å². The predicted molar refractivity (Wildman–Crippen MR) is 76.8 cm³/mol. The van der Waals surface area contributed by atoms with Gasteiger partial charge in [-0.15, -0.1) is 0 Å². The Labute approximate surface area is 117 Å². The largest absolute Gasteiger partial charge is 0.444 e. The van der Waals surface area contributed by atoms with Crippen molar-refractivity contribution < 1.29 is 9.53 Å². The maximum atomic E-state index is 11.5. The zero-order valence-electron chi connectivity index (χ0n) is 11.3. The lowest BCUT2D eigenvalue weighted by atomic mass is 10.1. The van der Waals surface area contributed by atoms with Gasteiger partial charge in [0, 0.05) is 11.0 Å². The van der Waals surface area contributed by atoms with E-state index in [0.717, 1.165) is 10.9 Å². The third-order valence-electron chi connectivity index (χ3n) is 2.44. The second-order valence-electron chi connectivity index (χ2n) is 5.20. The third-order valence-corrected chi connectivity index (χ3v) is 3.30. The average Bonchev–Trinajstić information content (AvgIpc) is 2.21. The van der Waals surface area contributed by atoms with Gasteiger partial charge in [-0.05, 0) is 51.3 Å². The Kier molecular flexibility index (Phi) is 5.20. The molecule has 18 heavy (non-hydrogen) atoms. The highest BCUT2D eigenvalue weighted by Crippen LogP contribution is 2.19. The van der Waals surface area contributed by atoms with Gasteiger partial charge in [0.1, 0.15) is 5.60 Å². The van der Waals surface area contributed by atoms with E-state index >= 15 is 0 Å². The van der Waals surface area contributed by atoms with Gasteiger partial charge in [0.05, 0.1) is 0 Å². The summed E-state index contributed by atoms with van der Waals surface area (Å²) in [6, 6.07) is 6.08. The first-order chi connectivity index (χ1) is 8.29. The molecule has 4 heteroatoms. The normalized spacial score (nSPS) is 11.2. The summed E-state index contributed by atoms with van der Waals surface area (Å²) >= 11 is 3.49. The molecule has 0 unspecified atom stereocenters. The van der Waals surface area contributed by atoms with Gasteiger partial charge in [0.2, 0.25) is 0 Å². The van der Waals surface area contributed by atoms with Gasteiger partial charge < -0.3 is 10.1 Å². The molecule has 0 saturated carbocycles. The minimum atomic E-state index is -0.449. The molecule has 0 saturated heterocycles. The number of ether oxygens (including phenoxy) is 1. The summed E-state index contributed by atoms with van der Waals surface area (Å²) in [5.41, 5.74) is 1.99. The monoisotopic (exact) mass is 313 g/mol. The Hall–Kier alpha value is -1.03. The van der Waals surface area contributed by atoms with Crippen molar-refractivity contribution >= 4 is 22.0 Å². The van der Waals surface area contributed by atoms with Gasteiger partial charge in [-0.1, -0.05) is 28.1 Å². The Balaban J connectivity index is 2.43. The van der Waals surface area contributed by atoms with E-state index in [0.29, 0.717) is 6.54 Å². The molecule has 1 aromatic carbocycles. The van der Waals surface area contributed by atoms with Crippen LogP contribution in [0.5, 0.6) is 0 Å². The van der Waals surface area contributed by atoms with E-state index in [4.69, 9.17) is 4.74 Å². The summed E-state index contributed by atoms with van der Waals surface area (Å²) in [5, 5.41) is 2.76. The lowest BCUT2D eigenvalue weighted by Gasteiger charge is -2.19. The van der Waals surface area contributed by atoms with Crippen LogP contribution in [0, 0.1) is 6.92 Å². The second-order valence-corrected chi connectivity index (χ2v) is 6.06. The summed E-state index contributed by atoms with van der Waals surface area (Å²) in [7, 11) is 0. The molecule has 0 heterocycles. The van der Waals surface area contributed by atoms with Gasteiger partial charge in [0.25, 0.3) is 0 Å². The molecule has 1 rings (SSSR count). The first-order valence-electron chi connectivity index (χ1n) is 6.00. The highest BCUT2D eigenvalue weighted by Gasteiger charge is 2.15. The van der Waals surface area contributed by atoms with Crippen molar-refractivity contribution in [3.05, 3.63) is 33.8 Å². The second kappa shape index (κ2) is 6.23. The standard InChI is InChI=1S/C14H20BrNO2/c1-10-11(6-5-7-12(10)15)8-9-16-13(17)18-14(2,3)4/h5-7H,8-9H2,1-4H3,(H,16,17). The van der Waals surface area contributed by atoms with Crippen LogP contribution in [-0.2, 0) is 11.2 Å². The number of hydrogen-bond acceptors (Lipinski definition) is 2. The average molecular weight is 314 g/mol. The number of nitrogens with one attached hydrogen (secondary N) is 1. The number of rotatable bonds is 3. The molecule has 1 aromatic rings. The van der Waals surface area contributed by atoms with Crippen LogP contribution in [0.25, 0.3) is 0 Å². The van der Waals surface area contributed by atoms with Crippen molar-refractivity contribution in [3.8, 4) is 0 Å². The van der Waals surface area contributed by atoms with Gasteiger partial charge >= 0.3 is 6.09 Å². The van der Waals surface area contributed by atoms with E-state index in [9.17, 15) is 4.79 Å². The fourth-order valence-electron chi connectivity index (χ4n) is 1.54. The number of hydrogen-bond donors (Lipinski definition) is 1. The molecule has 0 aliphatic rings. The molecular weight excluding hydrogens is 294 g/mol. The molecule has 100 valence electrons. The van der Waals surface area contributed by atoms with Gasteiger partial charge in [0.15, 0.2) is 0 Å². The van der Waals surface area contributed by atoms with E-state index in [1.54, 1.807) is 0 Å². The van der Waals surface area contributed by atoms with Crippen LogP contribution >= 0.6 is 15.9 Å². The lowest BCUT2D eigenvalue weighted by Crippen LogP contribution is -2.33. The number of carbonyl (C=O) groups excluding carboxylic acids is 1. The molecule has 0 aliphatic carbocycles. The van der Waals surface area contributed by atoms with Crippen molar-refractivity contribution in [2.45, 2.75) is 39.7 Å². The van der Waals surface area contributed by atoms with Crippen LogP contribution in [-0.4, -0.2) is 18.2 Å². The number of benzene rings is 1. The SMILES string of the molecule is Cc1c(Br)cccc1CCNC(=O)OC(C)(C)C. The van der Waals surface area contributed by atoms with Gasteiger partial charge in [-0.25, -0.2) is 4.79 Å². The fraction of sp³-hybridized carbons (Fsp3) is 0.500. The molecule has 0 aliphatic heterocycles. The maximum Gasteiger partial charge on any atom is 0.407 e. The fourth-order valence-corrected chi connectivity index (χ4v) is 1.94. The minimum Gasteiger partial charge on any atom is -0.444 e. The van der Waals surface area contributed by atoms with Crippen molar-refractivity contribution in [2.24, 2.45) is 0 Å². The van der Waals surface area contributed by atoms with E-state index in [-0.39, 0.29) is 6.09 Å². The molecule has 0 atom stereocenters. The highest BCUT2D eigenvalue weighted by molar-refractivity contribution is 9.10. The highest BCUT2D eigenvalue weighted by atomic mass is 79.9. The van der Waals surface area contributed by atoms with Crippen LogP contribution in [0.2, 0.25) is 0 Å². The van der Waals surface area contributed by atoms with Gasteiger partial charge in [-0.3, -0.25) is 0 Å². The van der Waals surface area contributed by atoms with E-state index in [2.05, 4.69) is 34.2 Å². The first kappa shape index (κ1) is 15.0. The molecule has 1 amide bonds. The number of halogens is 1. The molecule has 0 fully saturated rings. The van der Waals surface area contributed by atoms with Crippen molar-refractivity contribution in [2.75, 3.05) is 6.54 Å². The summed E-state index contributed by atoms with van der Waals surface area (Å²) in [4.78, 5) is 11.5. The molecule has 0 bridgehead atoms. The molecule has 1 N–H and O–H groups in total. The minimum absolute atomic E-state index is 0.366. The zero-order chi connectivity index (χ0) is 13.8. The maximum absolute atomic E-state index is 11.5. The Morgan fingerprint density at radius 3 is 2.67 bits per heavy atom. The quantitative estimate of drug-likeness (QED) is 0.921. The molecule has 0 aromatic heterocycles. The smallest absolute Gasteiger partial charge is 0.407 e.